The fourth-order valence-corrected chi connectivity index (χ4v) is 7.36. The van der Waals surface area contributed by atoms with Crippen LogP contribution in [0.15, 0.2) is 48.7 Å². The van der Waals surface area contributed by atoms with Crippen LogP contribution in [0.25, 0.3) is 0 Å². The first-order chi connectivity index (χ1) is 23.2. The lowest BCUT2D eigenvalue weighted by Gasteiger charge is -2.39. The first-order valence-corrected chi connectivity index (χ1v) is 16.7. The molecule has 3 fully saturated rings. The van der Waals surface area contributed by atoms with E-state index in [9.17, 15) is 19.5 Å². The number of nitrogens with one attached hydrogen (secondary N) is 3. The van der Waals surface area contributed by atoms with Crippen molar-refractivity contribution in [1.29, 1.82) is 5.41 Å². The molecule has 250 valence electrons. The van der Waals surface area contributed by atoms with Gasteiger partial charge in [0.2, 0.25) is 17.8 Å². The number of anilines is 3. The Hall–Kier alpha value is -4.88. The minimum absolute atomic E-state index is 0.205. The van der Waals surface area contributed by atoms with Gasteiger partial charge in [0, 0.05) is 69.2 Å². The van der Waals surface area contributed by atoms with Crippen molar-refractivity contribution in [2.24, 2.45) is 0 Å². The van der Waals surface area contributed by atoms with E-state index in [1.807, 2.05) is 12.1 Å². The summed E-state index contributed by atoms with van der Waals surface area (Å²) in [7, 11) is 0. The Labute approximate surface area is 279 Å². The zero-order valence-corrected chi connectivity index (χ0v) is 26.8. The highest BCUT2D eigenvalue weighted by Gasteiger charge is 2.41. The summed E-state index contributed by atoms with van der Waals surface area (Å²) in [5, 5.41) is 24.9. The largest absolute Gasteiger partial charge is 0.396 e. The van der Waals surface area contributed by atoms with Crippen molar-refractivity contribution >= 4 is 41.3 Å². The van der Waals surface area contributed by atoms with E-state index >= 15 is 0 Å². The van der Waals surface area contributed by atoms with Crippen molar-refractivity contribution < 1.29 is 19.5 Å². The molecule has 7 rings (SSSR count). The van der Waals surface area contributed by atoms with Gasteiger partial charge in [-0.2, -0.15) is 0 Å². The fourth-order valence-electron chi connectivity index (χ4n) is 7.36. The molecule has 2 aromatic carbocycles. The quantitative estimate of drug-likeness (QED) is 0.179. The van der Waals surface area contributed by atoms with E-state index in [0.717, 1.165) is 62.9 Å². The van der Waals surface area contributed by atoms with Gasteiger partial charge in [0.15, 0.2) is 0 Å². The van der Waals surface area contributed by atoms with Gasteiger partial charge in [-0.3, -0.25) is 24.6 Å². The van der Waals surface area contributed by atoms with E-state index in [0.29, 0.717) is 48.7 Å². The normalized spacial score (nSPS) is 21.6. The number of nitrogen functional groups attached to an aromatic ring is 1. The monoisotopic (exact) mass is 651 g/mol. The second-order valence-corrected chi connectivity index (χ2v) is 13.3. The van der Waals surface area contributed by atoms with Crippen molar-refractivity contribution in [3.05, 3.63) is 76.6 Å². The van der Waals surface area contributed by atoms with Gasteiger partial charge >= 0.3 is 0 Å². The standard InChI is InChI=1S/C35H41N9O4/c36-18-29-28(37)19-38-34(40-29)39-25-9-13-43(14-10-25)26-4-1-22(2-5-26)20-42-15-11-35(48,12-16-42)24-3-6-27-23(17-24)21-44(33(27)47)30-7-8-31(45)41-32(30)46/h1-6,17-19,25,30,36,48H,7-16,20-21,37H2,(H,38,39,40)(H,41,45,46). The van der Waals surface area contributed by atoms with E-state index < -0.39 is 17.6 Å². The van der Waals surface area contributed by atoms with E-state index in [-0.39, 0.29) is 24.3 Å². The summed E-state index contributed by atoms with van der Waals surface area (Å²) in [4.78, 5) is 52.0. The zero-order chi connectivity index (χ0) is 33.4. The minimum Gasteiger partial charge on any atom is -0.396 e. The SMILES string of the molecule is N=Cc1nc(NC2CCN(c3ccc(CN4CCC(O)(c5ccc6c(c5)CN(C5CCC(=O)NC5=O)C6=O)CC4)cc3)CC2)ncc1N. The topological polar surface area (TPSA) is 181 Å². The Morgan fingerprint density at radius 1 is 1.04 bits per heavy atom. The number of nitrogens with two attached hydrogens (primary N) is 1. The average Bonchev–Trinajstić information content (AvgIpc) is 3.42. The number of imide groups is 1. The lowest BCUT2D eigenvalue weighted by Crippen LogP contribution is -2.52. The molecule has 1 unspecified atom stereocenters. The van der Waals surface area contributed by atoms with Gasteiger partial charge in [0.25, 0.3) is 5.91 Å². The lowest BCUT2D eigenvalue weighted by atomic mass is 9.83. The third kappa shape index (κ3) is 6.35. The Balaban J connectivity index is 0.898. The summed E-state index contributed by atoms with van der Waals surface area (Å²) in [6, 6.07) is 13.9. The molecule has 6 N–H and O–H groups in total. The smallest absolute Gasteiger partial charge is 0.255 e. The average molecular weight is 652 g/mol. The van der Waals surface area contributed by atoms with Gasteiger partial charge in [-0.05, 0) is 67.0 Å². The van der Waals surface area contributed by atoms with Crippen molar-refractivity contribution in [3.63, 3.8) is 0 Å². The molecule has 0 saturated carbocycles. The third-order valence-electron chi connectivity index (χ3n) is 10.3. The van der Waals surface area contributed by atoms with Gasteiger partial charge < -0.3 is 31.4 Å². The fraction of sp³-hybridized carbons (Fsp3) is 0.429. The van der Waals surface area contributed by atoms with Crippen LogP contribution in [0, 0.1) is 5.41 Å². The van der Waals surface area contributed by atoms with E-state index in [4.69, 9.17) is 11.1 Å². The van der Waals surface area contributed by atoms with Crippen LogP contribution in [-0.2, 0) is 28.3 Å². The molecular formula is C35H41N9O4. The highest BCUT2D eigenvalue weighted by molar-refractivity contribution is 6.05. The predicted octanol–water partition coefficient (Wildman–Crippen LogP) is 2.38. The molecule has 5 heterocycles. The number of benzene rings is 2. The number of likely N-dealkylation sites (tertiary alicyclic amines) is 1. The highest BCUT2D eigenvalue weighted by atomic mass is 16.3. The molecule has 0 radical (unpaired) electrons. The molecule has 3 amide bonds. The number of hydrogen-bond donors (Lipinski definition) is 5. The number of fused-ring (bicyclic) bond motifs is 1. The number of aromatic nitrogens is 2. The number of rotatable bonds is 8. The van der Waals surface area contributed by atoms with Crippen molar-refractivity contribution in [3.8, 4) is 0 Å². The predicted molar refractivity (Wildman–Crippen MR) is 181 cm³/mol. The number of piperidine rings is 3. The lowest BCUT2D eigenvalue weighted by molar-refractivity contribution is -0.136. The number of carbonyl (C=O) groups is 3. The molecule has 48 heavy (non-hydrogen) atoms. The van der Waals surface area contributed by atoms with Gasteiger partial charge in [-0.1, -0.05) is 24.3 Å². The summed E-state index contributed by atoms with van der Waals surface area (Å²) in [5.41, 5.74) is 10.2. The Morgan fingerprint density at radius 2 is 1.79 bits per heavy atom. The molecule has 1 aromatic heterocycles. The maximum atomic E-state index is 13.1. The van der Waals surface area contributed by atoms with Crippen LogP contribution in [-0.4, -0.2) is 87.1 Å². The minimum atomic E-state index is -0.982. The van der Waals surface area contributed by atoms with Crippen molar-refractivity contribution in [2.45, 2.75) is 69.3 Å². The van der Waals surface area contributed by atoms with Crippen LogP contribution in [0.4, 0.5) is 17.3 Å². The molecule has 0 spiro atoms. The molecule has 13 nitrogen and oxygen atoms in total. The third-order valence-corrected chi connectivity index (χ3v) is 10.3. The number of nitrogens with zero attached hydrogens (tertiary/aromatic N) is 5. The zero-order valence-electron chi connectivity index (χ0n) is 26.8. The summed E-state index contributed by atoms with van der Waals surface area (Å²) in [6.45, 7) is 4.43. The molecule has 1 atom stereocenters. The van der Waals surface area contributed by atoms with Crippen molar-refractivity contribution in [1.82, 2.24) is 25.1 Å². The molecule has 0 bridgehead atoms. The van der Waals surface area contributed by atoms with Gasteiger partial charge in [0.05, 0.1) is 17.5 Å². The molecule has 13 heteroatoms. The maximum absolute atomic E-state index is 13.1. The van der Waals surface area contributed by atoms with Crippen LogP contribution < -0.4 is 21.3 Å². The summed E-state index contributed by atoms with van der Waals surface area (Å²) in [6.07, 6.45) is 6.29. The summed E-state index contributed by atoms with van der Waals surface area (Å²) >= 11 is 0. The van der Waals surface area contributed by atoms with Gasteiger partial charge in [-0.15, -0.1) is 0 Å². The number of amides is 3. The Kier molecular flexibility index (Phi) is 8.56. The van der Waals surface area contributed by atoms with E-state index in [2.05, 4.69) is 54.7 Å². The number of carbonyl (C=O) groups excluding carboxylic acids is 3. The van der Waals surface area contributed by atoms with Gasteiger partial charge in [0.1, 0.15) is 11.7 Å². The second-order valence-electron chi connectivity index (χ2n) is 13.3. The first kappa shape index (κ1) is 31.7. The summed E-state index contributed by atoms with van der Waals surface area (Å²) < 4.78 is 0. The van der Waals surface area contributed by atoms with E-state index in [1.165, 1.54) is 17.4 Å². The van der Waals surface area contributed by atoms with Crippen LogP contribution in [0.5, 0.6) is 0 Å². The van der Waals surface area contributed by atoms with E-state index in [1.54, 1.807) is 11.0 Å². The van der Waals surface area contributed by atoms with Crippen molar-refractivity contribution in [2.75, 3.05) is 42.1 Å². The Morgan fingerprint density at radius 3 is 2.50 bits per heavy atom. The molecule has 3 aromatic rings. The van der Waals surface area contributed by atoms with Crippen LogP contribution in [0.3, 0.4) is 0 Å². The van der Waals surface area contributed by atoms with Crippen LogP contribution >= 0.6 is 0 Å². The molecule has 4 aliphatic rings. The van der Waals surface area contributed by atoms with Crippen LogP contribution in [0.1, 0.15) is 71.3 Å². The number of hydrogen-bond acceptors (Lipinski definition) is 11. The second kappa shape index (κ2) is 13.0. The molecule has 3 saturated heterocycles. The first-order valence-electron chi connectivity index (χ1n) is 16.7. The Bertz CT molecular complexity index is 1730. The summed E-state index contributed by atoms with van der Waals surface area (Å²) in [5.74, 6) is -0.430. The molecular weight excluding hydrogens is 610 g/mol. The molecule has 0 aliphatic carbocycles. The molecule has 4 aliphatic heterocycles. The van der Waals surface area contributed by atoms with Crippen LogP contribution in [0.2, 0.25) is 0 Å². The maximum Gasteiger partial charge on any atom is 0.255 e. The number of aliphatic hydroxyl groups is 1. The van der Waals surface area contributed by atoms with Gasteiger partial charge in [-0.25, -0.2) is 9.97 Å². The highest BCUT2D eigenvalue weighted by Crippen LogP contribution is 2.37.